The number of aromatic nitrogens is 1. The largest absolute Gasteiger partial charge is 0.473 e. The number of carbonyl (C=O) groups is 1. The Kier molecular flexibility index (Phi) is 5.94. The molecule has 2 rings (SSSR count). The molecule has 2 aromatic rings. The van der Waals surface area contributed by atoms with Crippen molar-refractivity contribution in [1.29, 1.82) is 0 Å². The molecular formula is C16H16ClN3O3. The highest BCUT2D eigenvalue weighted by atomic mass is 35.5. The maximum Gasteiger partial charge on any atom is 0.273 e. The van der Waals surface area contributed by atoms with Crippen LogP contribution < -0.4 is 10.1 Å². The first-order chi connectivity index (χ1) is 11.2. The van der Waals surface area contributed by atoms with Crippen LogP contribution in [0.2, 0.25) is 5.15 Å². The highest BCUT2D eigenvalue weighted by Crippen LogP contribution is 2.16. The van der Waals surface area contributed by atoms with Gasteiger partial charge in [0.25, 0.3) is 5.91 Å². The molecule has 0 spiro atoms. The first-order valence-electron chi connectivity index (χ1n) is 6.82. The van der Waals surface area contributed by atoms with Gasteiger partial charge >= 0.3 is 0 Å². The topological polar surface area (TPSA) is 72.8 Å². The smallest absolute Gasteiger partial charge is 0.273 e. The standard InChI is InChI=1S/C16H16ClN3O3/c1-18-16(21)15(20-22-2)12-7-4-3-6-11(12)10-23-14-9-5-8-13(17)19-14/h3-9H,10H2,1-2H3,(H,18,21)/b20-15-. The number of oxime groups is 1. The second-order valence-electron chi connectivity index (χ2n) is 4.45. The summed E-state index contributed by atoms with van der Waals surface area (Å²) >= 11 is 5.83. The molecule has 23 heavy (non-hydrogen) atoms. The van der Waals surface area contributed by atoms with E-state index in [1.54, 1.807) is 24.3 Å². The number of nitrogens with zero attached hydrogens (tertiary/aromatic N) is 2. The molecule has 0 aliphatic rings. The second-order valence-corrected chi connectivity index (χ2v) is 4.83. The quantitative estimate of drug-likeness (QED) is 0.500. The van der Waals surface area contributed by atoms with Crippen LogP contribution in [-0.4, -0.2) is 30.8 Å². The number of likely N-dealkylation sites (N-methyl/N-ethyl adjacent to an activating group) is 1. The van der Waals surface area contributed by atoms with Crippen LogP contribution in [-0.2, 0) is 16.2 Å². The summed E-state index contributed by atoms with van der Waals surface area (Å²) < 4.78 is 5.63. The van der Waals surface area contributed by atoms with E-state index >= 15 is 0 Å². The van der Waals surface area contributed by atoms with Gasteiger partial charge in [-0.15, -0.1) is 0 Å². The van der Waals surface area contributed by atoms with Crippen molar-refractivity contribution in [2.24, 2.45) is 5.16 Å². The zero-order chi connectivity index (χ0) is 16.7. The molecule has 0 unspecified atom stereocenters. The van der Waals surface area contributed by atoms with Crippen molar-refractivity contribution < 1.29 is 14.4 Å². The van der Waals surface area contributed by atoms with E-state index in [9.17, 15) is 4.79 Å². The highest BCUT2D eigenvalue weighted by Gasteiger charge is 2.17. The van der Waals surface area contributed by atoms with Gasteiger partial charge in [0.05, 0.1) is 0 Å². The van der Waals surface area contributed by atoms with Gasteiger partial charge in [-0.25, -0.2) is 4.98 Å². The van der Waals surface area contributed by atoms with Crippen molar-refractivity contribution >= 4 is 23.2 Å². The van der Waals surface area contributed by atoms with E-state index in [0.717, 1.165) is 5.56 Å². The normalized spacial score (nSPS) is 11.0. The molecule has 0 aliphatic heterocycles. The van der Waals surface area contributed by atoms with E-state index in [0.29, 0.717) is 16.6 Å². The van der Waals surface area contributed by atoms with Crippen molar-refractivity contribution in [3.8, 4) is 5.88 Å². The molecule has 1 amide bonds. The van der Waals surface area contributed by atoms with E-state index in [-0.39, 0.29) is 18.2 Å². The lowest BCUT2D eigenvalue weighted by atomic mass is 10.0. The third-order valence-electron chi connectivity index (χ3n) is 2.96. The maximum absolute atomic E-state index is 12.0. The van der Waals surface area contributed by atoms with Gasteiger partial charge in [-0.05, 0) is 11.6 Å². The van der Waals surface area contributed by atoms with Gasteiger partial charge in [0, 0.05) is 18.7 Å². The summed E-state index contributed by atoms with van der Waals surface area (Å²) in [6.07, 6.45) is 0. The summed E-state index contributed by atoms with van der Waals surface area (Å²) in [5.41, 5.74) is 1.57. The number of hydrogen-bond acceptors (Lipinski definition) is 5. The summed E-state index contributed by atoms with van der Waals surface area (Å²) in [5, 5.41) is 6.69. The summed E-state index contributed by atoms with van der Waals surface area (Å²) in [5.74, 6) is 0.0534. The van der Waals surface area contributed by atoms with Gasteiger partial charge in [0.15, 0.2) is 5.71 Å². The highest BCUT2D eigenvalue weighted by molar-refractivity contribution is 6.45. The van der Waals surface area contributed by atoms with Crippen molar-refractivity contribution in [2.75, 3.05) is 14.2 Å². The zero-order valence-electron chi connectivity index (χ0n) is 12.7. The number of halogens is 1. The molecule has 0 bridgehead atoms. The number of pyridine rings is 1. The van der Waals surface area contributed by atoms with E-state index < -0.39 is 0 Å². The third-order valence-corrected chi connectivity index (χ3v) is 3.17. The van der Waals surface area contributed by atoms with Crippen LogP contribution in [0.1, 0.15) is 11.1 Å². The summed E-state index contributed by atoms with van der Waals surface area (Å²) in [7, 11) is 2.92. The Morgan fingerprint density at radius 3 is 2.74 bits per heavy atom. The molecule has 0 saturated carbocycles. The SMILES string of the molecule is CNC(=O)/C(=N\OC)c1ccccc1COc1cccc(Cl)n1. The number of nitrogens with one attached hydrogen (secondary N) is 1. The van der Waals surface area contributed by atoms with Gasteiger partial charge in [0.1, 0.15) is 18.9 Å². The lowest BCUT2D eigenvalue weighted by Gasteiger charge is -2.11. The van der Waals surface area contributed by atoms with Crippen LogP contribution in [0.25, 0.3) is 0 Å². The average molecular weight is 334 g/mol. The van der Waals surface area contributed by atoms with Gasteiger partial charge in [-0.2, -0.15) is 0 Å². The van der Waals surface area contributed by atoms with Crippen molar-refractivity contribution in [3.05, 3.63) is 58.7 Å². The number of hydrogen-bond donors (Lipinski definition) is 1. The van der Waals surface area contributed by atoms with Gasteiger partial charge in [-0.3, -0.25) is 4.79 Å². The van der Waals surface area contributed by atoms with E-state index in [2.05, 4.69) is 15.5 Å². The Balaban J connectivity index is 2.26. The third kappa shape index (κ3) is 4.43. The monoisotopic (exact) mass is 333 g/mol. The van der Waals surface area contributed by atoms with E-state index in [4.69, 9.17) is 21.2 Å². The Morgan fingerprint density at radius 1 is 1.26 bits per heavy atom. The summed E-state index contributed by atoms with van der Waals surface area (Å²) in [4.78, 5) is 20.8. The molecule has 0 aliphatic carbocycles. The van der Waals surface area contributed by atoms with Crippen molar-refractivity contribution in [3.63, 3.8) is 0 Å². The van der Waals surface area contributed by atoms with Gasteiger partial charge in [-0.1, -0.05) is 47.1 Å². The lowest BCUT2D eigenvalue weighted by molar-refractivity contribution is -0.114. The molecular weight excluding hydrogens is 318 g/mol. The average Bonchev–Trinajstić information content (AvgIpc) is 2.58. The summed E-state index contributed by atoms with van der Waals surface area (Å²) in [6.45, 7) is 0.212. The minimum atomic E-state index is -0.347. The van der Waals surface area contributed by atoms with Gasteiger partial charge in [0.2, 0.25) is 5.88 Å². The second kappa shape index (κ2) is 8.14. The number of carbonyl (C=O) groups excluding carboxylic acids is 1. The van der Waals surface area contributed by atoms with Gasteiger partial charge < -0.3 is 14.9 Å². The molecule has 1 heterocycles. The molecule has 7 heteroatoms. The van der Waals surface area contributed by atoms with Crippen molar-refractivity contribution in [1.82, 2.24) is 10.3 Å². The Morgan fingerprint density at radius 2 is 2.04 bits per heavy atom. The molecule has 0 atom stereocenters. The minimum Gasteiger partial charge on any atom is -0.473 e. The van der Waals surface area contributed by atoms with E-state index in [1.165, 1.54) is 14.2 Å². The zero-order valence-corrected chi connectivity index (χ0v) is 13.5. The van der Waals surface area contributed by atoms with E-state index in [1.807, 2.05) is 18.2 Å². The fourth-order valence-electron chi connectivity index (χ4n) is 1.92. The van der Waals surface area contributed by atoms with Crippen LogP contribution in [0.5, 0.6) is 5.88 Å². The van der Waals surface area contributed by atoms with Crippen LogP contribution in [0.4, 0.5) is 0 Å². The number of ether oxygens (including phenoxy) is 1. The Labute approximate surface area is 139 Å². The number of amides is 1. The number of benzene rings is 1. The Bertz CT molecular complexity index is 719. The first kappa shape index (κ1) is 16.8. The molecule has 120 valence electrons. The number of rotatable bonds is 6. The minimum absolute atomic E-state index is 0.174. The summed E-state index contributed by atoms with van der Waals surface area (Å²) in [6, 6.07) is 12.4. The van der Waals surface area contributed by atoms with Crippen LogP contribution in [0.3, 0.4) is 0 Å². The van der Waals surface area contributed by atoms with Crippen LogP contribution >= 0.6 is 11.6 Å². The predicted molar refractivity (Wildman–Crippen MR) is 87.6 cm³/mol. The van der Waals surface area contributed by atoms with Crippen LogP contribution in [0, 0.1) is 0 Å². The fourth-order valence-corrected chi connectivity index (χ4v) is 2.08. The first-order valence-corrected chi connectivity index (χ1v) is 7.20. The molecule has 0 fully saturated rings. The molecule has 1 aromatic carbocycles. The predicted octanol–water partition coefficient (Wildman–Crippen LogP) is 2.41. The molecule has 1 aromatic heterocycles. The molecule has 0 saturated heterocycles. The lowest BCUT2D eigenvalue weighted by Crippen LogP contribution is -2.29. The van der Waals surface area contributed by atoms with Crippen LogP contribution in [0.15, 0.2) is 47.6 Å². The maximum atomic E-state index is 12.0. The molecule has 0 radical (unpaired) electrons. The molecule has 6 nitrogen and oxygen atoms in total. The molecule has 1 N–H and O–H groups in total. The van der Waals surface area contributed by atoms with Crippen molar-refractivity contribution in [2.45, 2.75) is 6.61 Å². The Hall–Kier alpha value is -2.60. The fraction of sp³-hybridized carbons (Fsp3) is 0.188.